The second-order valence-corrected chi connectivity index (χ2v) is 4.40. The van der Waals surface area contributed by atoms with Crippen molar-refractivity contribution in [2.24, 2.45) is 0 Å². The molecule has 1 aromatic heterocycles. The molecule has 0 aromatic carbocycles. The zero-order valence-corrected chi connectivity index (χ0v) is 10.6. The summed E-state index contributed by atoms with van der Waals surface area (Å²) in [4.78, 5) is 30.9. The number of nitrogens with one attached hydrogen (secondary N) is 1. The van der Waals surface area contributed by atoms with Crippen LogP contribution in [0.3, 0.4) is 0 Å². The Labute approximate surface area is 105 Å². The quantitative estimate of drug-likeness (QED) is 0.750. The molecule has 2 amide bonds. The molecule has 1 aliphatic heterocycles. The van der Waals surface area contributed by atoms with Crippen LogP contribution < -0.4 is 0 Å². The molecular weight excluding hydrogens is 234 g/mol. The summed E-state index contributed by atoms with van der Waals surface area (Å²) in [6, 6.07) is 0. The third-order valence-corrected chi connectivity index (χ3v) is 3.02. The van der Waals surface area contributed by atoms with Crippen molar-refractivity contribution in [1.82, 2.24) is 25.0 Å². The number of aromatic amines is 1. The first kappa shape index (κ1) is 12.5. The molecule has 0 spiro atoms. The highest BCUT2D eigenvalue weighted by molar-refractivity contribution is 5.90. The zero-order valence-electron chi connectivity index (χ0n) is 10.6. The van der Waals surface area contributed by atoms with Crippen LogP contribution in [0.15, 0.2) is 0 Å². The minimum Gasteiger partial charge on any atom is -0.341 e. The fourth-order valence-electron chi connectivity index (χ4n) is 2.02. The van der Waals surface area contributed by atoms with Gasteiger partial charge in [-0.1, -0.05) is 0 Å². The van der Waals surface area contributed by atoms with Crippen LogP contribution in [-0.2, 0) is 4.79 Å². The molecule has 1 saturated heterocycles. The van der Waals surface area contributed by atoms with Crippen LogP contribution in [0, 0.1) is 6.92 Å². The lowest BCUT2D eigenvalue weighted by atomic mass is 10.3. The van der Waals surface area contributed by atoms with Crippen molar-refractivity contribution < 1.29 is 9.59 Å². The van der Waals surface area contributed by atoms with Crippen molar-refractivity contribution >= 4 is 11.8 Å². The van der Waals surface area contributed by atoms with Crippen LogP contribution in [0.5, 0.6) is 0 Å². The third kappa shape index (κ3) is 2.66. The van der Waals surface area contributed by atoms with Crippen molar-refractivity contribution in [1.29, 1.82) is 0 Å². The highest BCUT2D eigenvalue weighted by atomic mass is 16.2. The van der Waals surface area contributed by atoms with Crippen LogP contribution in [0.1, 0.15) is 29.8 Å². The Balaban J connectivity index is 2.02. The predicted octanol–water partition coefficient (Wildman–Crippen LogP) is -0.192. The summed E-state index contributed by atoms with van der Waals surface area (Å²) in [7, 11) is 0. The smallest absolute Gasteiger partial charge is 0.293 e. The normalized spacial score (nSPS) is 16.6. The number of aromatic nitrogens is 3. The molecule has 0 unspecified atom stereocenters. The minimum absolute atomic E-state index is 0.0537. The number of hydrogen-bond donors (Lipinski definition) is 1. The molecule has 1 aliphatic rings. The summed E-state index contributed by atoms with van der Waals surface area (Å²) >= 11 is 0. The highest BCUT2D eigenvalue weighted by Gasteiger charge is 2.23. The lowest BCUT2D eigenvalue weighted by Gasteiger charge is -2.20. The monoisotopic (exact) mass is 251 g/mol. The Kier molecular flexibility index (Phi) is 3.59. The maximum Gasteiger partial charge on any atom is 0.293 e. The number of amides is 2. The van der Waals surface area contributed by atoms with E-state index in [2.05, 4.69) is 15.2 Å². The van der Waals surface area contributed by atoms with E-state index in [1.54, 1.807) is 23.6 Å². The molecule has 18 heavy (non-hydrogen) atoms. The molecule has 98 valence electrons. The van der Waals surface area contributed by atoms with Gasteiger partial charge >= 0.3 is 0 Å². The van der Waals surface area contributed by atoms with Gasteiger partial charge < -0.3 is 9.80 Å². The first-order valence-electron chi connectivity index (χ1n) is 6.01. The number of hydrogen-bond acceptors (Lipinski definition) is 4. The van der Waals surface area contributed by atoms with Crippen molar-refractivity contribution in [2.45, 2.75) is 20.3 Å². The van der Waals surface area contributed by atoms with Gasteiger partial charge in [0.1, 0.15) is 5.82 Å². The maximum absolute atomic E-state index is 12.1. The van der Waals surface area contributed by atoms with E-state index in [-0.39, 0.29) is 17.6 Å². The molecule has 1 N–H and O–H groups in total. The molecule has 0 atom stereocenters. The SMILES string of the molecule is CC(=O)N1CCCN(C(=O)c2n[nH]c(C)n2)CC1. The standard InChI is InChI=1S/C11H17N5O2/c1-8-12-10(14-13-8)11(18)16-5-3-4-15(6-7-16)9(2)17/h3-7H2,1-2H3,(H,12,13,14). The van der Waals surface area contributed by atoms with E-state index in [1.807, 2.05) is 0 Å². The fourth-order valence-corrected chi connectivity index (χ4v) is 2.02. The Morgan fingerprint density at radius 1 is 1.17 bits per heavy atom. The summed E-state index contributed by atoms with van der Waals surface area (Å²) < 4.78 is 0. The van der Waals surface area contributed by atoms with E-state index in [1.165, 1.54) is 0 Å². The van der Waals surface area contributed by atoms with Crippen LogP contribution in [-0.4, -0.2) is 63.0 Å². The number of aryl methyl sites for hydroxylation is 1. The number of rotatable bonds is 1. The Hall–Kier alpha value is -1.92. The van der Waals surface area contributed by atoms with E-state index in [9.17, 15) is 9.59 Å². The molecule has 0 aliphatic carbocycles. The summed E-state index contributed by atoms with van der Waals surface area (Å²) in [5, 5.41) is 6.53. The summed E-state index contributed by atoms with van der Waals surface area (Å²) in [5.74, 6) is 0.699. The van der Waals surface area contributed by atoms with Gasteiger partial charge in [-0.3, -0.25) is 14.7 Å². The van der Waals surface area contributed by atoms with Crippen molar-refractivity contribution in [3.63, 3.8) is 0 Å². The molecule has 7 nitrogen and oxygen atoms in total. The number of H-pyrrole nitrogens is 1. The van der Waals surface area contributed by atoms with E-state index < -0.39 is 0 Å². The lowest BCUT2D eigenvalue weighted by molar-refractivity contribution is -0.128. The number of carbonyl (C=O) groups is 2. The van der Waals surface area contributed by atoms with Crippen LogP contribution >= 0.6 is 0 Å². The predicted molar refractivity (Wildman–Crippen MR) is 63.9 cm³/mol. The van der Waals surface area contributed by atoms with Gasteiger partial charge in [0, 0.05) is 33.1 Å². The average molecular weight is 251 g/mol. The van der Waals surface area contributed by atoms with E-state index in [4.69, 9.17) is 0 Å². The molecule has 0 radical (unpaired) electrons. The molecular formula is C11H17N5O2. The summed E-state index contributed by atoms with van der Waals surface area (Å²) in [5.41, 5.74) is 0. The van der Waals surface area contributed by atoms with Crippen LogP contribution in [0.2, 0.25) is 0 Å². The van der Waals surface area contributed by atoms with Gasteiger partial charge in [0.05, 0.1) is 0 Å². The number of carbonyl (C=O) groups excluding carboxylic acids is 2. The van der Waals surface area contributed by atoms with Crippen molar-refractivity contribution in [3.05, 3.63) is 11.6 Å². The topological polar surface area (TPSA) is 82.2 Å². The highest BCUT2D eigenvalue weighted by Crippen LogP contribution is 2.06. The van der Waals surface area contributed by atoms with Gasteiger partial charge in [-0.2, -0.15) is 0 Å². The number of nitrogens with zero attached hydrogens (tertiary/aromatic N) is 4. The maximum atomic E-state index is 12.1. The van der Waals surface area contributed by atoms with Crippen LogP contribution in [0.25, 0.3) is 0 Å². The van der Waals surface area contributed by atoms with E-state index in [0.717, 1.165) is 6.42 Å². The minimum atomic E-state index is -0.176. The molecule has 7 heteroatoms. The molecule has 1 aromatic rings. The largest absolute Gasteiger partial charge is 0.341 e. The Bertz CT molecular complexity index is 456. The van der Waals surface area contributed by atoms with Crippen molar-refractivity contribution in [3.8, 4) is 0 Å². The second kappa shape index (κ2) is 5.16. The van der Waals surface area contributed by atoms with E-state index in [0.29, 0.717) is 32.0 Å². The van der Waals surface area contributed by atoms with Gasteiger partial charge in [-0.15, -0.1) is 5.10 Å². The molecule has 2 heterocycles. The second-order valence-electron chi connectivity index (χ2n) is 4.40. The lowest BCUT2D eigenvalue weighted by Crippen LogP contribution is -2.37. The Morgan fingerprint density at radius 2 is 1.83 bits per heavy atom. The molecule has 2 rings (SSSR count). The fraction of sp³-hybridized carbons (Fsp3) is 0.636. The summed E-state index contributed by atoms with van der Waals surface area (Å²) in [6.07, 6.45) is 0.786. The average Bonchev–Trinajstić information content (AvgIpc) is 2.63. The molecule has 0 saturated carbocycles. The summed E-state index contributed by atoms with van der Waals surface area (Å²) in [6.45, 7) is 5.75. The Morgan fingerprint density at radius 3 is 2.44 bits per heavy atom. The van der Waals surface area contributed by atoms with Gasteiger partial charge in [0.25, 0.3) is 5.91 Å². The van der Waals surface area contributed by atoms with Crippen LogP contribution in [0.4, 0.5) is 0 Å². The van der Waals surface area contributed by atoms with E-state index >= 15 is 0 Å². The molecule has 0 bridgehead atoms. The third-order valence-electron chi connectivity index (χ3n) is 3.02. The first-order valence-corrected chi connectivity index (χ1v) is 6.01. The van der Waals surface area contributed by atoms with Crippen molar-refractivity contribution in [2.75, 3.05) is 26.2 Å². The first-order chi connectivity index (χ1) is 8.58. The van der Waals surface area contributed by atoms with Gasteiger partial charge in [-0.05, 0) is 13.3 Å². The zero-order chi connectivity index (χ0) is 13.1. The molecule has 1 fully saturated rings. The van der Waals surface area contributed by atoms with Gasteiger partial charge in [-0.25, -0.2) is 4.98 Å². The van der Waals surface area contributed by atoms with Gasteiger partial charge in [0.2, 0.25) is 11.7 Å². The van der Waals surface area contributed by atoms with Gasteiger partial charge in [0.15, 0.2) is 0 Å².